The lowest BCUT2D eigenvalue weighted by molar-refractivity contribution is -0.115. The average Bonchev–Trinajstić information content (AvgIpc) is 2.62. The van der Waals surface area contributed by atoms with Crippen LogP contribution in [0.2, 0.25) is 0 Å². The molecule has 5 nitrogen and oxygen atoms in total. The predicted octanol–water partition coefficient (Wildman–Crippen LogP) is 4.95. The molecule has 0 bridgehead atoms. The molecule has 0 heterocycles. The van der Waals surface area contributed by atoms with Gasteiger partial charge in [0.2, 0.25) is 5.91 Å². The number of carbonyl (C=O) groups excluding carboxylic acids is 2. The summed E-state index contributed by atoms with van der Waals surface area (Å²) < 4.78 is 0. The molecule has 0 aliphatic rings. The molecular formula is C21H27N3O2S. The Morgan fingerprint density at radius 2 is 1.85 bits per heavy atom. The number of carbonyl (C=O) groups is 2. The molecule has 0 saturated heterocycles. The molecule has 0 radical (unpaired) electrons. The van der Waals surface area contributed by atoms with Crippen LogP contribution in [0, 0.1) is 13.8 Å². The number of thioether (sulfide) groups is 1. The van der Waals surface area contributed by atoms with Gasteiger partial charge in [-0.25, -0.2) is 4.79 Å². The fraction of sp³-hybridized carbons (Fsp3) is 0.333. The fourth-order valence-corrected chi connectivity index (χ4v) is 3.44. The van der Waals surface area contributed by atoms with Crippen LogP contribution in [0.25, 0.3) is 0 Å². The molecule has 0 saturated carbocycles. The van der Waals surface area contributed by atoms with E-state index in [2.05, 4.69) is 35.9 Å². The number of anilines is 2. The number of urea groups is 1. The highest BCUT2D eigenvalue weighted by Crippen LogP contribution is 2.28. The van der Waals surface area contributed by atoms with Gasteiger partial charge in [0, 0.05) is 21.5 Å². The van der Waals surface area contributed by atoms with Crippen LogP contribution in [0.3, 0.4) is 0 Å². The van der Waals surface area contributed by atoms with Crippen molar-refractivity contribution in [3.63, 3.8) is 0 Å². The van der Waals surface area contributed by atoms with Crippen molar-refractivity contribution in [1.82, 2.24) is 5.32 Å². The number of hydrogen-bond acceptors (Lipinski definition) is 3. The lowest BCUT2D eigenvalue weighted by Gasteiger charge is -2.13. The van der Waals surface area contributed by atoms with E-state index in [9.17, 15) is 9.59 Å². The van der Waals surface area contributed by atoms with E-state index in [-0.39, 0.29) is 12.5 Å². The molecule has 3 amide bonds. The molecule has 3 N–H and O–H groups in total. The summed E-state index contributed by atoms with van der Waals surface area (Å²) in [6, 6.07) is 13.1. The monoisotopic (exact) mass is 385 g/mol. The second-order valence-electron chi connectivity index (χ2n) is 6.54. The molecule has 27 heavy (non-hydrogen) atoms. The summed E-state index contributed by atoms with van der Waals surface area (Å²) >= 11 is 1.82. The Balaban J connectivity index is 1.83. The summed E-state index contributed by atoms with van der Waals surface area (Å²) in [5.41, 5.74) is 3.50. The van der Waals surface area contributed by atoms with Crippen LogP contribution in [0.15, 0.2) is 47.4 Å². The highest BCUT2D eigenvalue weighted by atomic mass is 32.2. The van der Waals surface area contributed by atoms with Gasteiger partial charge in [-0.15, -0.1) is 11.8 Å². The minimum atomic E-state index is -0.409. The number of benzene rings is 2. The maximum atomic E-state index is 12.1. The number of rotatable bonds is 7. The highest BCUT2D eigenvalue weighted by Gasteiger charge is 2.09. The standard InChI is InChI=1S/C21H27N3O2S/c1-5-16(4)27-18-9-10-19(15(3)12-18)24-20(25)13-22-21(26)23-17-8-6-7-14(2)11-17/h6-12,16H,5,13H2,1-4H3,(H,24,25)(H2,22,23,26). The number of amides is 3. The van der Waals surface area contributed by atoms with Gasteiger partial charge < -0.3 is 16.0 Å². The largest absolute Gasteiger partial charge is 0.329 e. The maximum absolute atomic E-state index is 12.1. The van der Waals surface area contributed by atoms with E-state index in [0.29, 0.717) is 10.9 Å². The zero-order valence-electron chi connectivity index (χ0n) is 16.3. The van der Waals surface area contributed by atoms with Gasteiger partial charge in [0.1, 0.15) is 0 Å². The van der Waals surface area contributed by atoms with Gasteiger partial charge in [-0.2, -0.15) is 0 Å². The van der Waals surface area contributed by atoms with E-state index in [4.69, 9.17) is 0 Å². The van der Waals surface area contributed by atoms with Gasteiger partial charge in [0.05, 0.1) is 6.54 Å². The van der Waals surface area contributed by atoms with Crippen molar-refractivity contribution >= 4 is 35.1 Å². The van der Waals surface area contributed by atoms with Gasteiger partial charge >= 0.3 is 6.03 Å². The van der Waals surface area contributed by atoms with Crippen molar-refractivity contribution in [2.45, 2.75) is 44.3 Å². The van der Waals surface area contributed by atoms with E-state index >= 15 is 0 Å². The second-order valence-corrected chi connectivity index (χ2v) is 8.05. The van der Waals surface area contributed by atoms with Crippen LogP contribution in [-0.2, 0) is 4.79 Å². The third-order valence-corrected chi connectivity index (χ3v) is 5.33. The van der Waals surface area contributed by atoms with Crippen molar-refractivity contribution in [1.29, 1.82) is 0 Å². The number of aryl methyl sites for hydroxylation is 2. The average molecular weight is 386 g/mol. The Bertz CT molecular complexity index is 808. The van der Waals surface area contributed by atoms with Crippen LogP contribution in [0.1, 0.15) is 31.4 Å². The third-order valence-electron chi connectivity index (χ3n) is 4.07. The van der Waals surface area contributed by atoms with Crippen molar-refractivity contribution in [2.75, 3.05) is 17.2 Å². The first-order valence-corrected chi connectivity index (χ1v) is 9.94. The van der Waals surface area contributed by atoms with Crippen LogP contribution in [0.4, 0.5) is 16.2 Å². The maximum Gasteiger partial charge on any atom is 0.319 e. The van der Waals surface area contributed by atoms with E-state index in [1.807, 2.05) is 55.9 Å². The Morgan fingerprint density at radius 3 is 2.52 bits per heavy atom. The molecule has 2 rings (SSSR count). The van der Waals surface area contributed by atoms with Crippen LogP contribution in [-0.4, -0.2) is 23.7 Å². The molecule has 0 spiro atoms. The Hall–Kier alpha value is -2.47. The first-order chi connectivity index (χ1) is 12.9. The smallest absolute Gasteiger partial charge is 0.319 e. The normalized spacial score (nSPS) is 11.6. The van der Waals surface area contributed by atoms with Gasteiger partial charge in [-0.3, -0.25) is 4.79 Å². The quantitative estimate of drug-likeness (QED) is 0.590. The molecule has 2 aromatic carbocycles. The molecule has 0 fully saturated rings. The zero-order chi connectivity index (χ0) is 19.8. The van der Waals surface area contributed by atoms with Crippen molar-refractivity contribution in [2.24, 2.45) is 0 Å². The molecule has 0 aliphatic carbocycles. The van der Waals surface area contributed by atoms with Gasteiger partial charge in [-0.1, -0.05) is 26.0 Å². The predicted molar refractivity (Wildman–Crippen MR) is 114 cm³/mol. The lowest BCUT2D eigenvalue weighted by atomic mass is 10.2. The van der Waals surface area contributed by atoms with Crippen LogP contribution >= 0.6 is 11.8 Å². The van der Waals surface area contributed by atoms with Gasteiger partial charge in [0.25, 0.3) is 0 Å². The topological polar surface area (TPSA) is 70.2 Å². The third kappa shape index (κ3) is 6.98. The Labute approximate surface area is 165 Å². The van der Waals surface area contributed by atoms with Crippen molar-refractivity contribution in [3.8, 4) is 0 Å². The molecule has 0 aliphatic heterocycles. The summed E-state index contributed by atoms with van der Waals surface area (Å²) in [5, 5.41) is 8.68. The van der Waals surface area contributed by atoms with Crippen molar-refractivity contribution < 1.29 is 9.59 Å². The number of hydrogen-bond donors (Lipinski definition) is 3. The van der Waals surface area contributed by atoms with Gasteiger partial charge in [-0.05, 0) is 61.7 Å². The van der Waals surface area contributed by atoms with E-state index in [1.54, 1.807) is 6.07 Å². The first kappa shape index (κ1) is 20.8. The molecule has 144 valence electrons. The summed E-state index contributed by atoms with van der Waals surface area (Å²) in [5.74, 6) is -0.264. The molecule has 1 atom stereocenters. The molecular weight excluding hydrogens is 358 g/mol. The molecule has 1 unspecified atom stereocenters. The minimum absolute atomic E-state index is 0.0968. The SMILES string of the molecule is CCC(C)Sc1ccc(NC(=O)CNC(=O)Nc2cccc(C)c2)c(C)c1. The highest BCUT2D eigenvalue weighted by molar-refractivity contribution is 7.99. The molecule has 6 heteroatoms. The number of nitrogens with one attached hydrogen (secondary N) is 3. The van der Waals surface area contributed by atoms with Crippen LogP contribution in [0.5, 0.6) is 0 Å². The van der Waals surface area contributed by atoms with E-state index < -0.39 is 6.03 Å². The fourth-order valence-electron chi connectivity index (χ4n) is 2.42. The van der Waals surface area contributed by atoms with Crippen LogP contribution < -0.4 is 16.0 Å². The molecule has 2 aromatic rings. The Kier molecular flexibility index (Phi) is 7.73. The zero-order valence-corrected chi connectivity index (χ0v) is 17.1. The molecule has 0 aromatic heterocycles. The van der Waals surface area contributed by atoms with Crippen molar-refractivity contribution in [3.05, 3.63) is 53.6 Å². The summed E-state index contributed by atoms with van der Waals surface area (Å²) in [6.45, 7) is 8.19. The van der Waals surface area contributed by atoms with E-state index in [0.717, 1.165) is 23.2 Å². The Morgan fingerprint density at radius 1 is 1.07 bits per heavy atom. The lowest BCUT2D eigenvalue weighted by Crippen LogP contribution is -2.35. The van der Waals surface area contributed by atoms with E-state index in [1.165, 1.54) is 4.90 Å². The first-order valence-electron chi connectivity index (χ1n) is 9.06. The summed E-state index contributed by atoms with van der Waals surface area (Å²) in [7, 11) is 0. The second kappa shape index (κ2) is 10.0. The summed E-state index contributed by atoms with van der Waals surface area (Å²) in [4.78, 5) is 25.2. The minimum Gasteiger partial charge on any atom is -0.329 e. The summed E-state index contributed by atoms with van der Waals surface area (Å²) in [6.07, 6.45) is 1.11. The van der Waals surface area contributed by atoms with Gasteiger partial charge in [0.15, 0.2) is 0 Å².